The van der Waals surface area contributed by atoms with Gasteiger partial charge in [-0.3, -0.25) is 4.57 Å². The SMILES string of the molecule is Clc1nccc(-c2ccc3c(c2)ncn3-c2ccnc(NCCc3ccccc3)n2)n1. The van der Waals surface area contributed by atoms with Crippen LogP contribution in [0.4, 0.5) is 5.95 Å². The average Bonchev–Trinajstić information content (AvgIpc) is 3.23. The second-order valence-corrected chi connectivity index (χ2v) is 7.27. The molecule has 8 heteroatoms. The molecule has 5 rings (SSSR count). The van der Waals surface area contributed by atoms with Gasteiger partial charge in [0.1, 0.15) is 12.1 Å². The summed E-state index contributed by atoms with van der Waals surface area (Å²) in [5.41, 5.74) is 4.73. The highest BCUT2D eigenvalue weighted by molar-refractivity contribution is 6.28. The number of fused-ring (bicyclic) bond motifs is 1. The van der Waals surface area contributed by atoms with Gasteiger partial charge in [0.25, 0.3) is 0 Å². The molecule has 0 atom stereocenters. The van der Waals surface area contributed by atoms with E-state index in [1.54, 1.807) is 18.7 Å². The van der Waals surface area contributed by atoms with Gasteiger partial charge >= 0.3 is 0 Å². The summed E-state index contributed by atoms with van der Waals surface area (Å²) in [5.74, 6) is 1.33. The van der Waals surface area contributed by atoms with Gasteiger partial charge in [-0.05, 0) is 47.9 Å². The fourth-order valence-electron chi connectivity index (χ4n) is 3.38. The molecule has 0 bridgehead atoms. The lowest BCUT2D eigenvalue weighted by Gasteiger charge is -2.08. The van der Waals surface area contributed by atoms with Gasteiger partial charge in [-0.25, -0.2) is 19.9 Å². The Morgan fingerprint density at radius 3 is 2.61 bits per heavy atom. The highest BCUT2D eigenvalue weighted by Gasteiger charge is 2.09. The zero-order chi connectivity index (χ0) is 21.0. The van der Waals surface area contributed by atoms with Crippen molar-refractivity contribution in [2.75, 3.05) is 11.9 Å². The summed E-state index contributed by atoms with van der Waals surface area (Å²) in [4.78, 5) is 21.7. The second-order valence-electron chi connectivity index (χ2n) is 6.93. The number of benzene rings is 2. The first kappa shape index (κ1) is 19.1. The molecule has 0 aliphatic heterocycles. The van der Waals surface area contributed by atoms with Crippen molar-refractivity contribution in [2.45, 2.75) is 6.42 Å². The number of imidazole rings is 1. The zero-order valence-electron chi connectivity index (χ0n) is 16.5. The minimum absolute atomic E-state index is 0.219. The van der Waals surface area contributed by atoms with Gasteiger partial charge in [-0.1, -0.05) is 36.4 Å². The lowest BCUT2D eigenvalue weighted by molar-refractivity contribution is 0.953. The molecule has 0 saturated carbocycles. The first-order valence-electron chi connectivity index (χ1n) is 9.83. The van der Waals surface area contributed by atoms with Crippen LogP contribution in [-0.2, 0) is 6.42 Å². The third-order valence-electron chi connectivity index (χ3n) is 4.90. The van der Waals surface area contributed by atoms with Gasteiger partial charge in [-0.2, -0.15) is 4.98 Å². The van der Waals surface area contributed by atoms with Crippen LogP contribution in [0.2, 0.25) is 5.28 Å². The Balaban J connectivity index is 1.37. The van der Waals surface area contributed by atoms with Crippen molar-refractivity contribution in [3.63, 3.8) is 0 Å². The highest BCUT2D eigenvalue weighted by atomic mass is 35.5. The van der Waals surface area contributed by atoms with Crippen molar-refractivity contribution >= 4 is 28.6 Å². The molecule has 2 aromatic carbocycles. The predicted molar refractivity (Wildman–Crippen MR) is 121 cm³/mol. The highest BCUT2D eigenvalue weighted by Crippen LogP contribution is 2.24. The van der Waals surface area contributed by atoms with Gasteiger partial charge in [0.15, 0.2) is 0 Å². The van der Waals surface area contributed by atoms with Crippen LogP contribution < -0.4 is 5.32 Å². The quantitative estimate of drug-likeness (QED) is 0.399. The Hall–Kier alpha value is -3.84. The molecule has 0 unspecified atom stereocenters. The zero-order valence-corrected chi connectivity index (χ0v) is 17.2. The van der Waals surface area contributed by atoms with E-state index in [1.807, 2.05) is 53.1 Å². The molecule has 0 spiro atoms. The number of nitrogens with zero attached hydrogens (tertiary/aromatic N) is 6. The number of nitrogens with one attached hydrogen (secondary N) is 1. The van der Waals surface area contributed by atoms with Crippen LogP contribution in [0.15, 0.2) is 79.4 Å². The number of hydrogen-bond donors (Lipinski definition) is 1. The van der Waals surface area contributed by atoms with Crippen LogP contribution in [-0.4, -0.2) is 36.0 Å². The Morgan fingerprint density at radius 2 is 1.74 bits per heavy atom. The largest absolute Gasteiger partial charge is 0.354 e. The number of aromatic nitrogens is 6. The lowest BCUT2D eigenvalue weighted by Crippen LogP contribution is -2.09. The molecule has 0 fully saturated rings. The maximum Gasteiger partial charge on any atom is 0.224 e. The molecule has 152 valence electrons. The van der Waals surface area contributed by atoms with E-state index < -0.39 is 0 Å². The molecule has 7 nitrogen and oxygen atoms in total. The third-order valence-corrected chi connectivity index (χ3v) is 5.08. The molecule has 3 heterocycles. The molecule has 0 radical (unpaired) electrons. The molecular weight excluding hydrogens is 410 g/mol. The first-order valence-corrected chi connectivity index (χ1v) is 10.2. The van der Waals surface area contributed by atoms with E-state index >= 15 is 0 Å². The topological polar surface area (TPSA) is 81.4 Å². The predicted octanol–water partition coefficient (Wildman–Crippen LogP) is 4.58. The van der Waals surface area contributed by atoms with Crippen molar-refractivity contribution in [3.05, 3.63) is 90.2 Å². The monoisotopic (exact) mass is 427 g/mol. The smallest absolute Gasteiger partial charge is 0.224 e. The van der Waals surface area contributed by atoms with Crippen LogP contribution >= 0.6 is 11.6 Å². The van der Waals surface area contributed by atoms with E-state index in [0.717, 1.165) is 41.1 Å². The number of halogens is 1. The number of rotatable bonds is 6. The van der Waals surface area contributed by atoms with Crippen LogP contribution in [0.5, 0.6) is 0 Å². The summed E-state index contributed by atoms with van der Waals surface area (Å²) < 4.78 is 1.94. The summed E-state index contributed by atoms with van der Waals surface area (Å²) in [6.45, 7) is 0.753. The van der Waals surface area contributed by atoms with E-state index in [9.17, 15) is 0 Å². The molecule has 1 N–H and O–H groups in total. The molecule has 0 aliphatic carbocycles. The standard InChI is InChI=1S/C23H18ClN7/c24-22-25-12-9-18(29-22)17-6-7-20-19(14-17)28-15-31(20)21-10-13-27-23(30-21)26-11-8-16-4-2-1-3-5-16/h1-7,9-10,12-15H,8,11H2,(H,26,27,30). The van der Waals surface area contributed by atoms with Crippen molar-refractivity contribution in [1.29, 1.82) is 0 Å². The summed E-state index contributed by atoms with van der Waals surface area (Å²) in [6, 6.07) is 20.0. The van der Waals surface area contributed by atoms with Crippen molar-refractivity contribution < 1.29 is 0 Å². The molecule has 0 saturated heterocycles. The third kappa shape index (κ3) is 4.22. The van der Waals surface area contributed by atoms with Crippen molar-refractivity contribution in [2.24, 2.45) is 0 Å². The number of anilines is 1. The van der Waals surface area contributed by atoms with Crippen LogP contribution in [0.1, 0.15) is 5.56 Å². The summed E-state index contributed by atoms with van der Waals surface area (Å²) in [5, 5.41) is 3.52. The molecular formula is C23H18ClN7. The van der Waals surface area contributed by atoms with E-state index in [-0.39, 0.29) is 5.28 Å². The Bertz CT molecular complexity index is 1330. The van der Waals surface area contributed by atoms with Gasteiger partial charge in [0, 0.05) is 24.5 Å². The van der Waals surface area contributed by atoms with Crippen molar-refractivity contribution in [3.8, 4) is 17.1 Å². The normalized spacial score (nSPS) is 11.0. The van der Waals surface area contributed by atoms with Gasteiger partial charge in [0.2, 0.25) is 11.2 Å². The molecule has 0 amide bonds. The Labute approximate surface area is 183 Å². The Kier molecular flexibility index (Phi) is 5.24. The lowest BCUT2D eigenvalue weighted by atomic mass is 10.1. The average molecular weight is 428 g/mol. The Morgan fingerprint density at radius 1 is 0.871 bits per heavy atom. The molecule has 31 heavy (non-hydrogen) atoms. The van der Waals surface area contributed by atoms with E-state index in [2.05, 4.69) is 42.4 Å². The van der Waals surface area contributed by atoms with Crippen molar-refractivity contribution in [1.82, 2.24) is 29.5 Å². The molecule has 0 aliphatic rings. The van der Waals surface area contributed by atoms with Crippen LogP contribution in [0.25, 0.3) is 28.1 Å². The maximum atomic E-state index is 5.92. The van der Waals surface area contributed by atoms with E-state index in [0.29, 0.717) is 5.95 Å². The van der Waals surface area contributed by atoms with E-state index in [1.165, 1.54) is 5.56 Å². The van der Waals surface area contributed by atoms with Crippen LogP contribution in [0.3, 0.4) is 0 Å². The second kappa shape index (κ2) is 8.49. The minimum Gasteiger partial charge on any atom is -0.354 e. The van der Waals surface area contributed by atoms with Gasteiger partial charge in [-0.15, -0.1) is 0 Å². The summed E-state index contributed by atoms with van der Waals surface area (Å²) in [6.07, 6.45) is 6.05. The van der Waals surface area contributed by atoms with Gasteiger partial charge in [0.05, 0.1) is 16.7 Å². The van der Waals surface area contributed by atoms with Gasteiger partial charge < -0.3 is 5.32 Å². The minimum atomic E-state index is 0.219. The maximum absolute atomic E-state index is 5.92. The summed E-state index contributed by atoms with van der Waals surface area (Å²) in [7, 11) is 0. The summed E-state index contributed by atoms with van der Waals surface area (Å²) >= 11 is 5.92. The fourth-order valence-corrected chi connectivity index (χ4v) is 3.53. The fraction of sp³-hybridized carbons (Fsp3) is 0.0870. The number of hydrogen-bond acceptors (Lipinski definition) is 6. The first-order chi connectivity index (χ1) is 15.3. The molecule has 5 aromatic rings. The van der Waals surface area contributed by atoms with E-state index in [4.69, 9.17) is 11.6 Å². The molecule has 3 aromatic heterocycles. The van der Waals surface area contributed by atoms with Crippen LogP contribution in [0, 0.1) is 0 Å².